The van der Waals surface area contributed by atoms with E-state index >= 15 is 0 Å². The maximum absolute atomic E-state index is 6.04. The van der Waals surface area contributed by atoms with Crippen LogP contribution in [0.3, 0.4) is 0 Å². The molecule has 0 aliphatic carbocycles. The lowest BCUT2D eigenvalue weighted by molar-refractivity contribution is 0.0529. The van der Waals surface area contributed by atoms with Crippen molar-refractivity contribution in [3.63, 3.8) is 0 Å². The van der Waals surface area contributed by atoms with Gasteiger partial charge in [0.15, 0.2) is 5.82 Å². The predicted octanol–water partition coefficient (Wildman–Crippen LogP) is 0.937. The van der Waals surface area contributed by atoms with Gasteiger partial charge in [-0.1, -0.05) is 11.6 Å². The molecule has 1 aliphatic heterocycles. The van der Waals surface area contributed by atoms with Gasteiger partial charge in [0, 0.05) is 13.1 Å². The molecule has 0 bridgehead atoms. The molecule has 0 radical (unpaired) electrons. The van der Waals surface area contributed by atoms with Crippen LogP contribution < -0.4 is 10.6 Å². The largest absolute Gasteiger partial charge is 0.382 e. The minimum absolute atomic E-state index is 0.186. The molecular weight excluding hydrogens is 216 g/mol. The first kappa shape index (κ1) is 10.4. The highest BCUT2D eigenvalue weighted by atomic mass is 35.5. The molecule has 15 heavy (non-hydrogen) atoms. The summed E-state index contributed by atoms with van der Waals surface area (Å²) in [5, 5.41) is 0.423. The van der Waals surface area contributed by atoms with Crippen LogP contribution in [0.15, 0.2) is 6.33 Å². The highest BCUT2D eigenvalue weighted by Crippen LogP contribution is 2.27. The molecule has 1 unspecified atom stereocenters. The third-order valence-electron chi connectivity index (χ3n) is 2.34. The fourth-order valence-electron chi connectivity index (χ4n) is 1.60. The first-order valence-corrected chi connectivity index (χ1v) is 5.19. The minimum Gasteiger partial charge on any atom is -0.382 e. The van der Waals surface area contributed by atoms with Crippen molar-refractivity contribution in [1.82, 2.24) is 9.97 Å². The molecule has 6 heteroatoms. The zero-order chi connectivity index (χ0) is 10.8. The monoisotopic (exact) mass is 228 g/mol. The van der Waals surface area contributed by atoms with E-state index in [2.05, 4.69) is 14.9 Å². The van der Waals surface area contributed by atoms with Gasteiger partial charge in [0.05, 0.1) is 12.7 Å². The van der Waals surface area contributed by atoms with Crippen LogP contribution in [0, 0.1) is 0 Å². The van der Waals surface area contributed by atoms with Gasteiger partial charge in [-0.25, -0.2) is 9.97 Å². The number of halogens is 1. The van der Waals surface area contributed by atoms with Crippen molar-refractivity contribution in [2.75, 3.05) is 30.3 Å². The molecular formula is C9H13ClN4O. The van der Waals surface area contributed by atoms with Crippen molar-refractivity contribution >= 4 is 23.2 Å². The maximum Gasteiger partial charge on any atom is 0.153 e. The SMILES string of the molecule is CC1CN(c2ncnc(N)c2Cl)CCO1. The molecule has 2 heterocycles. The number of aromatic nitrogens is 2. The zero-order valence-electron chi connectivity index (χ0n) is 8.48. The summed E-state index contributed by atoms with van der Waals surface area (Å²) in [5.74, 6) is 1.01. The standard InChI is InChI=1S/C9H13ClN4O/c1-6-4-14(2-3-15-6)9-7(10)8(11)12-5-13-9/h5-6H,2-4H2,1H3,(H2,11,12,13). The number of hydrogen-bond donors (Lipinski definition) is 1. The molecule has 82 valence electrons. The lowest BCUT2D eigenvalue weighted by Gasteiger charge is -2.32. The average molecular weight is 229 g/mol. The molecule has 1 aliphatic rings. The summed E-state index contributed by atoms with van der Waals surface area (Å²) in [6, 6.07) is 0. The highest BCUT2D eigenvalue weighted by Gasteiger charge is 2.21. The van der Waals surface area contributed by atoms with Gasteiger partial charge < -0.3 is 15.4 Å². The summed E-state index contributed by atoms with van der Waals surface area (Å²) >= 11 is 6.04. The summed E-state index contributed by atoms with van der Waals surface area (Å²) < 4.78 is 5.44. The molecule has 1 saturated heterocycles. The minimum atomic E-state index is 0.186. The van der Waals surface area contributed by atoms with Crippen LogP contribution >= 0.6 is 11.6 Å². The Bertz CT molecular complexity index is 360. The van der Waals surface area contributed by atoms with Crippen molar-refractivity contribution in [3.05, 3.63) is 11.3 Å². The molecule has 1 fully saturated rings. The zero-order valence-corrected chi connectivity index (χ0v) is 9.24. The summed E-state index contributed by atoms with van der Waals surface area (Å²) in [4.78, 5) is 10.0. The average Bonchev–Trinajstić information content (AvgIpc) is 2.22. The molecule has 1 aromatic heterocycles. The Labute approximate surface area is 93.2 Å². The summed E-state index contributed by atoms with van der Waals surface area (Å²) in [5.41, 5.74) is 5.62. The smallest absolute Gasteiger partial charge is 0.153 e. The van der Waals surface area contributed by atoms with E-state index in [9.17, 15) is 0 Å². The van der Waals surface area contributed by atoms with Crippen LogP contribution in [0.4, 0.5) is 11.6 Å². The summed E-state index contributed by atoms with van der Waals surface area (Å²) in [6.07, 6.45) is 1.61. The third kappa shape index (κ3) is 2.13. The van der Waals surface area contributed by atoms with Crippen molar-refractivity contribution < 1.29 is 4.74 Å². The number of rotatable bonds is 1. The Balaban J connectivity index is 2.24. The fraction of sp³-hybridized carbons (Fsp3) is 0.556. The molecule has 0 saturated carbocycles. The van der Waals surface area contributed by atoms with Gasteiger partial charge in [-0.15, -0.1) is 0 Å². The van der Waals surface area contributed by atoms with Gasteiger partial charge in [-0.3, -0.25) is 0 Å². The van der Waals surface area contributed by atoms with E-state index < -0.39 is 0 Å². The van der Waals surface area contributed by atoms with Crippen molar-refractivity contribution in [3.8, 4) is 0 Å². The van der Waals surface area contributed by atoms with E-state index in [1.54, 1.807) is 0 Å². The Morgan fingerprint density at radius 3 is 3.13 bits per heavy atom. The highest BCUT2D eigenvalue weighted by molar-refractivity contribution is 6.35. The van der Waals surface area contributed by atoms with E-state index in [0.717, 1.165) is 13.1 Å². The van der Waals surface area contributed by atoms with E-state index in [1.807, 2.05) is 6.92 Å². The number of nitrogens with zero attached hydrogens (tertiary/aromatic N) is 3. The number of ether oxygens (including phenoxy) is 1. The second-order valence-corrected chi connectivity index (χ2v) is 3.90. The third-order valence-corrected chi connectivity index (χ3v) is 2.70. The van der Waals surface area contributed by atoms with Gasteiger partial charge in [-0.05, 0) is 6.92 Å². The lowest BCUT2D eigenvalue weighted by atomic mass is 10.3. The van der Waals surface area contributed by atoms with E-state index in [1.165, 1.54) is 6.33 Å². The molecule has 5 nitrogen and oxygen atoms in total. The molecule has 1 atom stereocenters. The van der Waals surface area contributed by atoms with Crippen LogP contribution in [0.5, 0.6) is 0 Å². The van der Waals surface area contributed by atoms with Crippen molar-refractivity contribution in [2.24, 2.45) is 0 Å². The van der Waals surface area contributed by atoms with Crippen molar-refractivity contribution in [1.29, 1.82) is 0 Å². The van der Waals surface area contributed by atoms with Gasteiger partial charge in [-0.2, -0.15) is 0 Å². The number of anilines is 2. The second kappa shape index (κ2) is 4.20. The maximum atomic E-state index is 6.04. The van der Waals surface area contributed by atoms with Crippen LogP contribution in [-0.4, -0.2) is 35.8 Å². The summed E-state index contributed by atoms with van der Waals surface area (Å²) in [6.45, 7) is 4.25. The first-order valence-electron chi connectivity index (χ1n) is 4.81. The van der Waals surface area contributed by atoms with E-state index in [4.69, 9.17) is 22.1 Å². The van der Waals surface area contributed by atoms with Gasteiger partial charge in [0.2, 0.25) is 0 Å². The van der Waals surface area contributed by atoms with E-state index in [0.29, 0.717) is 23.3 Å². The summed E-state index contributed by atoms with van der Waals surface area (Å²) in [7, 11) is 0. The quantitative estimate of drug-likeness (QED) is 0.775. The van der Waals surface area contributed by atoms with Gasteiger partial charge in [0.25, 0.3) is 0 Å². The normalized spacial score (nSPS) is 21.7. The second-order valence-electron chi connectivity index (χ2n) is 3.52. The van der Waals surface area contributed by atoms with Crippen LogP contribution in [0.25, 0.3) is 0 Å². The van der Waals surface area contributed by atoms with Crippen LogP contribution in [0.2, 0.25) is 5.02 Å². The molecule has 2 N–H and O–H groups in total. The van der Waals surface area contributed by atoms with Gasteiger partial charge >= 0.3 is 0 Å². The number of nitrogen functional groups attached to an aromatic ring is 1. The topological polar surface area (TPSA) is 64.3 Å². The number of hydrogen-bond acceptors (Lipinski definition) is 5. The Morgan fingerprint density at radius 1 is 1.60 bits per heavy atom. The number of nitrogens with two attached hydrogens (primary N) is 1. The lowest BCUT2D eigenvalue weighted by Crippen LogP contribution is -2.41. The van der Waals surface area contributed by atoms with E-state index in [-0.39, 0.29) is 6.10 Å². The Morgan fingerprint density at radius 2 is 2.40 bits per heavy atom. The first-order chi connectivity index (χ1) is 7.18. The molecule has 1 aromatic rings. The van der Waals surface area contributed by atoms with Crippen LogP contribution in [-0.2, 0) is 4.74 Å². The number of morpholine rings is 1. The molecule has 0 spiro atoms. The fourth-order valence-corrected chi connectivity index (χ4v) is 1.82. The molecule has 0 aromatic carbocycles. The predicted molar refractivity (Wildman–Crippen MR) is 59.1 cm³/mol. The molecule has 0 amide bonds. The van der Waals surface area contributed by atoms with Crippen molar-refractivity contribution in [2.45, 2.75) is 13.0 Å². The Hall–Kier alpha value is -1.07. The van der Waals surface area contributed by atoms with Crippen LogP contribution in [0.1, 0.15) is 6.92 Å². The van der Waals surface area contributed by atoms with Gasteiger partial charge in [0.1, 0.15) is 17.2 Å². The molecule has 2 rings (SSSR count). The Kier molecular flexibility index (Phi) is 2.93.